The molecule has 1 aliphatic carbocycles. The first-order valence-electron chi connectivity index (χ1n) is 6.22. The molecule has 1 aliphatic rings. The Morgan fingerprint density at radius 3 is 2.50 bits per heavy atom. The minimum absolute atomic E-state index is 0.359. The van der Waals surface area contributed by atoms with Crippen molar-refractivity contribution in [2.45, 2.75) is 65.4 Å². The molecule has 0 saturated heterocycles. The van der Waals surface area contributed by atoms with E-state index in [1.165, 1.54) is 12.8 Å². The lowest BCUT2D eigenvalue weighted by Gasteiger charge is -2.42. The highest BCUT2D eigenvalue weighted by molar-refractivity contribution is 4.90. The van der Waals surface area contributed by atoms with E-state index in [9.17, 15) is 5.11 Å². The number of aliphatic hydroxyl groups is 1. The van der Waals surface area contributed by atoms with Gasteiger partial charge in [-0.15, -0.1) is 0 Å². The smallest absolute Gasteiger partial charge is 0.0675 e. The SMILES string of the molecule is CCC(C)C1(O)CCCC(C(C)C)C1. The lowest BCUT2D eigenvalue weighted by Crippen LogP contribution is -2.42. The molecule has 0 aromatic heterocycles. The zero-order valence-electron chi connectivity index (χ0n) is 10.2. The zero-order valence-corrected chi connectivity index (χ0v) is 10.2. The first kappa shape index (κ1) is 12.0. The minimum Gasteiger partial charge on any atom is -0.390 e. The molecule has 0 aromatic carbocycles. The Labute approximate surface area is 88.9 Å². The van der Waals surface area contributed by atoms with Crippen LogP contribution in [0.3, 0.4) is 0 Å². The molecule has 14 heavy (non-hydrogen) atoms. The average molecular weight is 198 g/mol. The Balaban J connectivity index is 2.62. The third-order valence-corrected chi connectivity index (χ3v) is 4.27. The van der Waals surface area contributed by atoms with Crippen molar-refractivity contribution in [3.8, 4) is 0 Å². The summed E-state index contributed by atoms with van der Waals surface area (Å²) in [5, 5.41) is 10.6. The molecule has 1 fully saturated rings. The highest BCUT2D eigenvalue weighted by atomic mass is 16.3. The number of rotatable bonds is 3. The fourth-order valence-electron chi connectivity index (χ4n) is 2.73. The fourth-order valence-corrected chi connectivity index (χ4v) is 2.73. The number of hydrogen-bond acceptors (Lipinski definition) is 1. The monoisotopic (exact) mass is 198 g/mol. The van der Waals surface area contributed by atoms with Gasteiger partial charge in [0.15, 0.2) is 0 Å². The highest BCUT2D eigenvalue weighted by Crippen LogP contribution is 2.41. The predicted molar refractivity (Wildman–Crippen MR) is 61.2 cm³/mol. The van der Waals surface area contributed by atoms with E-state index < -0.39 is 0 Å². The van der Waals surface area contributed by atoms with E-state index in [-0.39, 0.29) is 5.60 Å². The van der Waals surface area contributed by atoms with Gasteiger partial charge in [0.2, 0.25) is 0 Å². The van der Waals surface area contributed by atoms with Crippen LogP contribution in [0.25, 0.3) is 0 Å². The van der Waals surface area contributed by atoms with Gasteiger partial charge in [0.05, 0.1) is 5.60 Å². The molecule has 3 unspecified atom stereocenters. The molecule has 1 heteroatoms. The summed E-state index contributed by atoms with van der Waals surface area (Å²) in [7, 11) is 0. The molecule has 84 valence electrons. The maximum absolute atomic E-state index is 10.6. The molecule has 1 N–H and O–H groups in total. The van der Waals surface area contributed by atoms with E-state index in [0.29, 0.717) is 5.92 Å². The Kier molecular flexibility index (Phi) is 4.00. The highest BCUT2D eigenvalue weighted by Gasteiger charge is 2.38. The summed E-state index contributed by atoms with van der Waals surface area (Å²) >= 11 is 0. The van der Waals surface area contributed by atoms with Crippen LogP contribution >= 0.6 is 0 Å². The van der Waals surface area contributed by atoms with Crippen molar-refractivity contribution < 1.29 is 5.11 Å². The standard InChI is InChI=1S/C13H26O/c1-5-11(4)13(14)8-6-7-12(9-13)10(2)3/h10-12,14H,5-9H2,1-4H3. The molecule has 3 atom stereocenters. The first-order valence-corrected chi connectivity index (χ1v) is 6.22. The van der Waals surface area contributed by atoms with Crippen molar-refractivity contribution in [3.63, 3.8) is 0 Å². The second-order valence-electron chi connectivity index (χ2n) is 5.51. The van der Waals surface area contributed by atoms with Gasteiger partial charge in [0, 0.05) is 0 Å². The van der Waals surface area contributed by atoms with E-state index in [1.807, 2.05) is 0 Å². The van der Waals surface area contributed by atoms with Gasteiger partial charge in [-0.3, -0.25) is 0 Å². The quantitative estimate of drug-likeness (QED) is 0.734. The Morgan fingerprint density at radius 1 is 1.36 bits per heavy atom. The maximum atomic E-state index is 10.6. The molecule has 0 heterocycles. The predicted octanol–water partition coefficient (Wildman–Crippen LogP) is 3.61. The van der Waals surface area contributed by atoms with E-state index in [2.05, 4.69) is 27.7 Å². The van der Waals surface area contributed by atoms with Gasteiger partial charge >= 0.3 is 0 Å². The van der Waals surface area contributed by atoms with Crippen molar-refractivity contribution in [1.82, 2.24) is 0 Å². The van der Waals surface area contributed by atoms with Crippen LogP contribution < -0.4 is 0 Å². The van der Waals surface area contributed by atoms with Crippen LogP contribution in [0.2, 0.25) is 0 Å². The second kappa shape index (κ2) is 4.65. The van der Waals surface area contributed by atoms with Gasteiger partial charge in [0.25, 0.3) is 0 Å². The van der Waals surface area contributed by atoms with Crippen LogP contribution in [-0.2, 0) is 0 Å². The fraction of sp³-hybridized carbons (Fsp3) is 1.00. The third-order valence-electron chi connectivity index (χ3n) is 4.27. The summed E-state index contributed by atoms with van der Waals surface area (Å²) in [5.41, 5.74) is -0.359. The molecule has 0 spiro atoms. The van der Waals surface area contributed by atoms with E-state index in [0.717, 1.165) is 31.1 Å². The average Bonchev–Trinajstić information content (AvgIpc) is 2.16. The molecule has 1 nitrogen and oxygen atoms in total. The van der Waals surface area contributed by atoms with Crippen molar-refractivity contribution in [3.05, 3.63) is 0 Å². The molecule has 0 aromatic rings. The second-order valence-corrected chi connectivity index (χ2v) is 5.51. The zero-order chi connectivity index (χ0) is 10.8. The van der Waals surface area contributed by atoms with E-state index >= 15 is 0 Å². The molecule has 1 saturated carbocycles. The molecule has 0 bridgehead atoms. The maximum Gasteiger partial charge on any atom is 0.0675 e. The molecule has 0 aliphatic heterocycles. The first-order chi connectivity index (χ1) is 6.49. The summed E-state index contributed by atoms with van der Waals surface area (Å²) in [4.78, 5) is 0. The van der Waals surface area contributed by atoms with E-state index in [4.69, 9.17) is 0 Å². The largest absolute Gasteiger partial charge is 0.390 e. The lowest BCUT2D eigenvalue weighted by molar-refractivity contribution is -0.0669. The van der Waals surface area contributed by atoms with Crippen LogP contribution in [-0.4, -0.2) is 10.7 Å². The normalized spacial score (nSPS) is 36.0. The van der Waals surface area contributed by atoms with Gasteiger partial charge in [-0.1, -0.05) is 40.5 Å². The van der Waals surface area contributed by atoms with Gasteiger partial charge < -0.3 is 5.11 Å². The van der Waals surface area contributed by atoms with Crippen LogP contribution in [0.15, 0.2) is 0 Å². The van der Waals surface area contributed by atoms with E-state index in [1.54, 1.807) is 0 Å². The molecule has 1 rings (SSSR count). The van der Waals surface area contributed by atoms with Gasteiger partial charge in [-0.05, 0) is 37.0 Å². The lowest BCUT2D eigenvalue weighted by atomic mass is 9.68. The molecule has 0 radical (unpaired) electrons. The van der Waals surface area contributed by atoms with Crippen LogP contribution in [0.1, 0.15) is 59.8 Å². The molecular weight excluding hydrogens is 172 g/mol. The van der Waals surface area contributed by atoms with Crippen LogP contribution in [0.4, 0.5) is 0 Å². The van der Waals surface area contributed by atoms with Crippen molar-refractivity contribution >= 4 is 0 Å². The molecular formula is C13H26O. The number of hydrogen-bond donors (Lipinski definition) is 1. The summed E-state index contributed by atoms with van der Waals surface area (Å²) < 4.78 is 0. The Bertz CT molecular complexity index is 176. The summed E-state index contributed by atoms with van der Waals surface area (Å²) in [6, 6.07) is 0. The third kappa shape index (κ3) is 2.50. The summed E-state index contributed by atoms with van der Waals surface area (Å²) in [5.74, 6) is 1.93. The van der Waals surface area contributed by atoms with Gasteiger partial charge in [-0.2, -0.15) is 0 Å². The summed E-state index contributed by atoms with van der Waals surface area (Å²) in [6.45, 7) is 8.95. The van der Waals surface area contributed by atoms with Crippen LogP contribution in [0, 0.1) is 17.8 Å². The van der Waals surface area contributed by atoms with Crippen molar-refractivity contribution in [1.29, 1.82) is 0 Å². The summed E-state index contributed by atoms with van der Waals surface area (Å²) in [6.07, 6.45) is 5.67. The van der Waals surface area contributed by atoms with Crippen molar-refractivity contribution in [2.75, 3.05) is 0 Å². The molecule has 0 amide bonds. The van der Waals surface area contributed by atoms with Crippen LogP contribution in [0.5, 0.6) is 0 Å². The topological polar surface area (TPSA) is 20.2 Å². The minimum atomic E-state index is -0.359. The van der Waals surface area contributed by atoms with Gasteiger partial charge in [0.1, 0.15) is 0 Å². The Morgan fingerprint density at radius 2 is 2.00 bits per heavy atom. The Hall–Kier alpha value is -0.0400. The van der Waals surface area contributed by atoms with Gasteiger partial charge in [-0.25, -0.2) is 0 Å². The van der Waals surface area contributed by atoms with Crippen molar-refractivity contribution in [2.24, 2.45) is 17.8 Å².